The third kappa shape index (κ3) is 1.44. The van der Waals surface area contributed by atoms with Crippen molar-refractivity contribution in [3.8, 4) is 0 Å². The number of hydrogen-bond donors (Lipinski definition) is 0. The smallest absolute Gasteiger partial charge is 0.00959 e. The van der Waals surface area contributed by atoms with Crippen LogP contribution in [0.2, 0.25) is 0 Å². The van der Waals surface area contributed by atoms with Gasteiger partial charge in [-0.2, -0.15) is 0 Å². The lowest BCUT2D eigenvalue weighted by Crippen LogP contribution is -2.38. The zero-order valence-electron chi connectivity index (χ0n) is 7.55. The third-order valence-corrected chi connectivity index (χ3v) is 3.48. The Morgan fingerprint density at radius 3 is 3.00 bits per heavy atom. The molecule has 0 radical (unpaired) electrons. The second-order valence-electron chi connectivity index (χ2n) is 4.14. The van der Waals surface area contributed by atoms with Crippen molar-refractivity contribution in [3.63, 3.8) is 0 Å². The van der Waals surface area contributed by atoms with E-state index in [4.69, 9.17) is 0 Å². The Bertz CT molecular complexity index is 133. The largest absolute Gasteiger partial charge is 0.300 e. The van der Waals surface area contributed by atoms with Crippen molar-refractivity contribution < 1.29 is 0 Å². The fourth-order valence-corrected chi connectivity index (χ4v) is 2.65. The molecule has 2 heterocycles. The highest BCUT2D eigenvalue weighted by Gasteiger charge is 2.30. The Morgan fingerprint density at radius 1 is 1.27 bits per heavy atom. The Labute approximate surface area is 69.8 Å². The summed E-state index contributed by atoms with van der Waals surface area (Å²) < 4.78 is 0. The molecule has 0 amide bonds. The molecule has 0 bridgehead atoms. The van der Waals surface area contributed by atoms with E-state index in [1.165, 1.54) is 45.2 Å². The average molecular weight is 153 g/mol. The van der Waals surface area contributed by atoms with Crippen LogP contribution in [0.1, 0.15) is 39.0 Å². The minimum Gasteiger partial charge on any atom is -0.300 e. The van der Waals surface area contributed by atoms with Crippen molar-refractivity contribution in [2.75, 3.05) is 13.1 Å². The van der Waals surface area contributed by atoms with Gasteiger partial charge in [0, 0.05) is 12.6 Å². The molecule has 0 saturated carbocycles. The minimum absolute atomic E-state index is 0.984. The summed E-state index contributed by atoms with van der Waals surface area (Å²) in [4.78, 5) is 2.72. The van der Waals surface area contributed by atoms with Crippen LogP contribution in [0.3, 0.4) is 0 Å². The van der Waals surface area contributed by atoms with Crippen molar-refractivity contribution >= 4 is 0 Å². The summed E-state index contributed by atoms with van der Waals surface area (Å²) in [7, 11) is 0. The molecule has 0 spiro atoms. The minimum atomic E-state index is 0.984. The fraction of sp³-hybridized carbons (Fsp3) is 1.00. The van der Waals surface area contributed by atoms with E-state index in [-0.39, 0.29) is 0 Å². The SMILES string of the molecule is CC[C@@H]1CC[C@H]2CCCN2C1. The lowest BCUT2D eigenvalue weighted by molar-refractivity contribution is 0.145. The van der Waals surface area contributed by atoms with Gasteiger partial charge in [0.1, 0.15) is 0 Å². The molecule has 2 atom stereocenters. The second-order valence-corrected chi connectivity index (χ2v) is 4.14. The van der Waals surface area contributed by atoms with E-state index in [9.17, 15) is 0 Å². The van der Waals surface area contributed by atoms with E-state index in [0.29, 0.717) is 0 Å². The molecular weight excluding hydrogens is 134 g/mol. The summed E-state index contributed by atoms with van der Waals surface area (Å²) in [5.41, 5.74) is 0. The topological polar surface area (TPSA) is 3.24 Å². The maximum Gasteiger partial charge on any atom is 0.00959 e. The van der Waals surface area contributed by atoms with Gasteiger partial charge >= 0.3 is 0 Å². The van der Waals surface area contributed by atoms with Crippen molar-refractivity contribution in [1.29, 1.82) is 0 Å². The van der Waals surface area contributed by atoms with Crippen LogP contribution in [-0.2, 0) is 0 Å². The Balaban J connectivity index is 1.91. The van der Waals surface area contributed by atoms with Gasteiger partial charge in [-0.1, -0.05) is 13.3 Å². The van der Waals surface area contributed by atoms with Crippen LogP contribution in [0.4, 0.5) is 0 Å². The third-order valence-electron chi connectivity index (χ3n) is 3.48. The van der Waals surface area contributed by atoms with Crippen molar-refractivity contribution in [3.05, 3.63) is 0 Å². The Morgan fingerprint density at radius 2 is 2.18 bits per heavy atom. The summed E-state index contributed by atoms with van der Waals surface area (Å²) in [6.45, 7) is 5.13. The highest BCUT2D eigenvalue weighted by Crippen LogP contribution is 2.30. The standard InChI is InChI=1S/C10H19N/c1-2-9-5-6-10-4-3-7-11(10)8-9/h9-10H,2-8H2,1H3/t9-,10-/m1/s1. The van der Waals surface area contributed by atoms with E-state index in [0.717, 1.165) is 12.0 Å². The highest BCUT2D eigenvalue weighted by atomic mass is 15.2. The van der Waals surface area contributed by atoms with Crippen LogP contribution >= 0.6 is 0 Å². The predicted octanol–water partition coefficient (Wildman–Crippen LogP) is 2.27. The molecule has 0 aromatic rings. The number of nitrogens with zero attached hydrogens (tertiary/aromatic N) is 1. The summed E-state index contributed by atoms with van der Waals surface area (Å²) in [6.07, 6.45) is 7.32. The monoisotopic (exact) mass is 153 g/mol. The number of piperidine rings is 1. The summed E-state index contributed by atoms with van der Waals surface area (Å²) in [6, 6.07) is 0.984. The molecule has 0 unspecified atom stereocenters. The van der Waals surface area contributed by atoms with Gasteiger partial charge in [0.2, 0.25) is 0 Å². The van der Waals surface area contributed by atoms with Crippen LogP contribution in [0.5, 0.6) is 0 Å². The van der Waals surface area contributed by atoms with Crippen molar-refractivity contribution in [2.24, 2.45) is 5.92 Å². The number of fused-ring (bicyclic) bond motifs is 1. The first kappa shape index (κ1) is 7.60. The van der Waals surface area contributed by atoms with Crippen LogP contribution in [0, 0.1) is 5.92 Å². The molecule has 0 N–H and O–H groups in total. The van der Waals surface area contributed by atoms with Crippen LogP contribution in [-0.4, -0.2) is 24.0 Å². The first-order chi connectivity index (χ1) is 5.40. The molecule has 2 rings (SSSR count). The lowest BCUT2D eigenvalue weighted by Gasteiger charge is -2.34. The van der Waals surface area contributed by atoms with E-state index in [1.54, 1.807) is 0 Å². The molecule has 0 aromatic carbocycles. The van der Waals surface area contributed by atoms with E-state index >= 15 is 0 Å². The average Bonchev–Trinajstić information content (AvgIpc) is 2.50. The maximum absolute atomic E-state index is 2.72. The summed E-state index contributed by atoms with van der Waals surface area (Å²) in [5.74, 6) is 1.02. The van der Waals surface area contributed by atoms with Gasteiger partial charge in [0.05, 0.1) is 0 Å². The van der Waals surface area contributed by atoms with Crippen LogP contribution in [0.25, 0.3) is 0 Å². The maximum atomic E-state index is 2.72. The zero-order valence-corrected chi connectivity index (χ0v) is 7.55. The quantitative estimate of drug-likeness (QED) is 0.558. The Hall–Kier alpha value is -0.0400. The molecule has 64 valence electrons. The molecule has 2 aliphatic heterocycles. The Kier molecular flexibility index (Phi) is 2.17. The van der Waals surface area contributed by atoms with Crippen LogP contribution in [0.15, 0.2) is 0 Å². The predicted molar refractivity (Wildman–Crippen MR) is 47.6 cm³/mol. The molecule has 2 aliphatic rings. The molecule has 0 aliphatic carbocycles. The fourth-order valence-electron chi connectivity index (χ4n) is 2.65. The molecule has 2 fully saturated rings. The normalized spacial score (nSPS) is 39.0. The van der Waals surface area contributed by atoms with E-state index in [1.807, 2.05) is 0 Å². The lowest BCUT2D eigenvalue weighted by atomic mass is 9.92. The molecular formula is C10H19N. The summed E-state index contributed by atoms with van der Waals surface area (Å²) >= 11 is 0. The van der Waals surface area contributed by atoms with Gasteiger partial charge in [-0.25, -0.2) is 0 Å². The molecule has 0 aromatic heterocycles. The van der Waals surface area contributed by atoms with Gasteiger partial charge in [-0.05, 0) is 38.1 Å². The molecule has 1 nitrogen and oxygen atoms in total. The van der Waals surface area contributed by atoms with Crippen molar-refractivity contribution in [1.82, 2.24) is 4.90 Å². The van der Waals surface area contributed by atoms with Crippen molar-refractivity contribution in [2.45, 2.75) is 45.1 Å². The molecule has 11 heavy (non-hydrogen) atoms. The van der Waals surface area contributed by atoms with Gasteiger partial charge in [0.25, 0.3) is 0 Å². The van der Waals surface area contributed by atoms with Gasteiger partial charge < -0.3 is 4.90 Å². The summed E-state index contributed by atoms with van der Waals surface area (Å²) in [5, 5.41) is 0. The molecule has 2 saturated heterocycles. The van der Waals surface area contributed by atoms with Gasteiger partial charge in [-0.15, -0.1) is 0 Å². The zero-order chi connectivity index (χ0) is 7.68. The second kappa shape index (κ2) is 3.14. The number of hydrogen-bond acceptors (Lipinski definition) is 1. The first-order valence-electron chi connectivity index (χ1n) is 5.14. The van der Waals surface area contributed by atoms with E-state index in [2.05, 4.69) is 11.8 Å². The van der Waals surface area contributed by atoms with E-state index < -0.39 is 0 Å². The molecule has 1 heteroatoms. The number of rotatable bonds is 1. The van der Waals surface area contributed by atoms with Crippen LogP contribution < -0.4 is 0 Å². The highest BCUT2D eigenvalue weighted by molar-refractivity contribution is 4.85. The first-order valence-corrected chi connectivity index (χ1v) is 5.14. The van der Waals surface area contributed by atoms with Gasteiger partial charge in [0.15, 0.2) is 0 Å². The van der Waals surface area contributed by atoms with Gasteiger partial charge in [-0.3, -0.25) is 0 Å².